The molecule has 20 heavy (non-hydrogen) atoms. The largest absolute Gasteiger partial charge is 0.493 e. The van der Waals surface area contributed by atoms with Gasteiger partial charge in [0.15, 0.2) is 17.8 Å². The standard InChI is InChI=1S/C15H12BrFO3/c1-19-14-7-6-12(16)11(8-18)15(14)20-9-10-4-2-3-5-13(10)17/h2-8H,9H2,1H3. The molecule has 0 saturated heterocycles. The number of hydrogen-bond donors (Lipinski definition) is 0. The monoisotopic (exact) mass is 338 g/mol. The zero-order valence-corrected chi connectivity index (χ0v) is 12.3. The third-order valence-electron chi connectivity index (χ3n) is 2.77. The number of rotatable bonds is 5. The molecular weight excluding hydrogens is 327 g/mol. The van der Waals surface area contributed by atoms with Crippen molar-refractivity contribution in [3.8, 4) is 11.5 Å². The number of aldehydes is 1. The van der Waals surface area contributed by atoms with Crippen LogP contribution in [0, 0.1) is 5.82 Å². The number of carbonyl (C=O) groups excluding carboxylic acids is 1. The highest BCUT2D eigenvalue weighted by Crippen LogP contribution is 2.35. The van der Waals surface area contributed by atoms with Crippen molar-refractivity contribution >= 4 is 22.2 Å². The van der Waals surface area contributed by atoms with Gasteiger partial charge >= 0.3 is 0 Å². The summed E-state index contributed by atoms with van der Waals surface area (Å²) in [6.45, 7) is 0.0142. The zero-order valence-electron chi connectivity index (χ0n) is 10.7. The van der Waals surface area contributed by atoms with Crippen molar-refractivity contribution < 1.29 is 18.7 Å². The minimum atomic E-state index is -0.353. The van der Waals surface area contributed by atoms with E-state index in [1.807, 2.05) is 0 Å². The van der Waals surface area contributed by atoms with Crippen molar-refractivity contribution in [2.75, 3.05) is 7.11 Å². The highest BCUT2D eigenvalue weighted by molar-refractivity contribution is 9.10. The first-order valence-corrected chi connectivity index (χ1v) is 6.64. The van der Waals surface area contributed by atoms with E-state index in [0.29, 0.717) is 33.4 Å². The minimum absolute atomic E-state index is 0.0142. The molecule has 0 aromatic heterocycles. The minimum Gasteiger partial charge on any atom is -0.493 e. The lowest BCUT2D eigenvalue weighted by atomic mass is 10.2. The first kappa shape index (κ1) is 14.5. The molecule has 0 unspecified atom stereocenters. The molecule has 0 fully saturated rings. The van der Waals surface area contributed by atoms with Gasteiger partial charge in [0.2, 0.25) is 0 Å². The fraction of sp³-hybridized carbons (Fsp3) is 0.133. The predicted octanol–water partition coefficient (Wildman–Crippen LogP) is 3.99. The van der Waals surface area contributed by atoms with E-state index in [4.69, 9.17) is 9.47 Å². The molecule has 0 aliphatic rings. The fourth-order valence-electron chi connectivity index (χ4n) is 1.74. The summed E-state index contributed by atoms with van der Waals surface area (Å²) < 4.78 is 24.9. The highest BCUT2D eigenvalue weighted by atomic mass is 79.9. The molecule has 0 saturated carbocycles. The van der Waals surface area contributed by atoms with E-state index in [0.717, 1.165) is 0 Å². The SMILES string of the molecule is COc1ccc(Br)c(C=O)c1OCc1ccccc1F. The van der Waals surface area contributed by atoms with Gasteiger partial charge < -0.3 is 9.47 Å². The second-order valence-corrected chi connectivity index (χ2v) is 4.84. The van der Waals surface area contributed by atoms with E-state index in [1.165, 1.54) is 13.2 Å². The molecule has 0 N–H and O–H groups in total. The molecule has 0 aliphatic heterocycles. The maximum atomic E-state index is 13.5. The Morgan fingerprint density at radius 2 is 2.00 bits per heavy atom. The van der Waals surface area contributed by atoms with Crippen LogP contribution >= 0.6 is 15.9 Å². The first-order valence-electron chi connectivity index (χ1n) is 5.85. The fourth-order valence-corrected chi connectivity index (χ4v) is 2.15. The first-order chi connectivity index (χ1) is 9.67. The Morgan fingerprint density at radius 1 is 1.25 bits per heavy atom. The quantitative estimate of drug-likeness (QED) is 0.773. The molecular formula is C15H12BrFO3. The smallest absolute Gasteiger partial charge is 0.173 e. The molecule has 2 aromatic rings. The lowest BCUT2D eigenvalue weighted by molar-refractivity contribution is 0.111. The van der Waals surface area contributed by atoms with Crippen molar-refractivity contribution in [3.05, 3.63) is 57.8 Å². The van der Waals surface area contributed by atoms with Gasteiger partial charge in [-0.1, -0.05) is 18.2 Å². The molecule has 0 radical (unpaired) electrons. The van der Waals surface area contributed by atoms with Crippen LogP contribution in [0.15, 0.2) is 40.9 Å². The van der Waals surface area contributed by atoms with Gasteiger partial charge in [-0.2, -0.15) is 0 Å². The van der Waals surface area contributed by atoms with Crippen LogP contribution in [-0.4, -0.2) is 13.4 Å². The molecule has 0 amide bonds. The van der Waals surface area contributed by atoms with Crippen LogP contribution in [-0.2, 0) is 6.61 Å². The Hall–Kier alpha value is -1.88. The highest BCUT2D eigenvalue weighted by Gasteiger charge is 2.14. The summed E-state index contributed by atoms with van der Waals surface area (Å²) in [5.41, 5.74) is 0.743. The Kier molecular flexibility index (Phi) is 4.74. The maximum absolute atomic E-state index is 13.5. The van der Waals surface area contributed by atoms with E-state index >= 15 is 0 Å². The number of benzene rings is 2. The molecule has 0 heterocycles. The molecule has 2 aromatic carbocycles. The van der Waals surface area contributed by atoms with Gasteiger partial charge in [0.05, 0.1) is 12.7 Å². The third-order valence-corrected chi connectivity index (χ3v) is 3.47. The van der Waals surface area contributed by atoms with E-state index in [1.54, 1.807) is 30.3 Å². The van der Waals surface area contributed by atoms with Crippen molar-refractivity contribution in [1.82, 2.24) is 0 Å². The Bertz CT molecular complexity index is 629. The second kappa shape index (κ2) is 6.52. The Balaban J connectivity index is 2.31. The van der Waals surface area contributed by atoms with Gasteiger partial charge in [-0.15, -0.1) is 0 Å². The molecule has 0 spiro atoms. The molecule has 0 aliphatic carbocycles. The molecule has 5 heteroatoms. The molecule has 2 rings (SSSR count). The average Bonchev–Trinajstić information content (AvgIpc) is 2.46. The number of methoxy groups -OCH3 is 1. The van der Waals surface area contributed by atoms with Crippen LogP contribution in [0.1, 0.15) is 15.9 Å². The normalized spacial score (nSPS) is 10.2. The zero-order chi connectivity index (χ0) is 14.5. The van der Waals surface area contributed by atoms with Crippen LogP contribution in [0.4, 0.5) is 4.39 Å². The van der Waals surface area contributed by atoms with Crippen LogP contribution in [0.5, 0.6) is 11.5 Å². The summed E-state index contributed by atoms with van der Waals surface area (Å²) in [4.78, 5) is 11.2. The maximum Gasteiger partial charge on any atom is 0.173 e. The molecule has 3 nitrogen and oxygen atoms in total. The van der Waals surface area contributed by atoms with Crippen molar-refractivity contribution in [1.29, 1.82) is 0 Å². The summed E-state index contributed by atoms with van der Waals surface area (Å²) in [5.74, 6) is 0.362. The number of hydrogen-bond acceptors (Lipinski definition) is 3. The van der Waals surface area contributed by atoms with Gasteiger partial charge in [-0.3, -0.25) is 4.79 Å². The molecule has 104 valence electrons. The van der Waals surface area contributed by atoms with Gasteiger partial charge in [0.1, 0.15) is 12.4 Å². The Labute approximate surface area is 124 Å². The Morgan fingerprint density at radius 3 is 2.65 bits per heavy atom. The molecule has 0 atom stereocenters. The van der Waals surface area contributed by atoms with Crippen molar-refractivity contribution in [2.45, 2.75) is 6.61 Å². The number of carbonyl (C=O) groups is 1. The second-order valence-electron chi connectivity index (χ2n) is 3.99. The predicted molar refractivity (Wildman–Crippen MR) is 76.8 cm³/mol. The van der Waals surface area contributed by atoms with Gasteiger partial charge in [0, 0.05) is 10.0 Å². The van der Waals surface area contributed by atoms with Crippen molar-refractivity contribution in [2.24, 2.45) is 0 Å². The summed E-state index contributed by atoms with van der Waals surface area (Å²) in [6.07, 6.45) is 0.670. The summed E-state index contributed by atoms with van der Waals surface area (Å²) in [7, 11) is 1.48. The van der Waals surface area contributed by atoms with Gasteiger partial charge in [-0.05, 0) is 34.1 Å². The van der Waals surface area contributed by atoms with E-state index in [2.05, 4.69) is 15.9 Å². The van der Waals surface area contributed by atoms with E-state index < -0.39 is 0 Å². The lowest BCUT2D eigenvalue weighted by Gasteiger charge is -2.14. The topological polar surface area (TPSA) is 35.5 Å². The third kappa shape index (κ3) is 2.99. The van der Waals surface area contributed by atoms with Crippen LogP contribution in [0.25, 0.3) is 0 Å². The molecule has 0 bridgehead atoms. The number of ether oxygens (including phenoxy) is 2. The van der Waals surface area contributed by atoms with Crippen LogP contribution < -0.4 is 9.47 Å². The van der Waals surface area contributed by atoms with Gasteiger partial charge in [-0.25, -0.2) is 4.39 Å². The van der Waals surface area contributed by atoms with Crippen LogP contribution in [0.2, 0.25) is 0 Å². The summed E-state index contributed by atoms with van der Waals surface area (Å²) in [5, 5.41) is 0. The van der Waals surface area contributed by atoms with Crippen molar-refractivity contribution in [3.63, 3.8) is 0 Å². The number of halogens is 2. The lowest BCUT2D eigenvalue weighted by Crippen LogP contribution is -2.03. The van der Waals surface area contributed by atoms with E-state index in [-0.39, 0.29) is 12.4 Å². The van der Waals surface area contributed by atoms with Crippen LogP contribution in [0.3, 0.4) is 0 Å². The van der Waals surface area contributed by atoms with E-state index in [9.17, 15) is 9.18 Å². The summed E-state index contributed by atoms with van der Waals surface area (Å²) in [6, 6.07) is 9.68. The average molecular weight is 339 g/mol. The summed E-state index contributed by atoms with van der Waals surface area (Å²) >= 11 is 3.27. The van der Waals surface area contributed by atoms with Gasteiger partial charge in [0.25, 0.3) is 0 Å².